The average molecular weight is 345 g/mol. The van der Waals surface area contributed by atoms with Crippen molar-refractivity contribution in [2.75, 3.05) is 26.7 Å². The van der Waals surface area contributed by atoms with E-state index in [2.05, 4.69) is 20.8 Å². The molecule has 0 aliphatic carbocycles. The highest BCUT2D eigenvalue weighted by molar-refractivity contribution is 9.10. The summed E-state index contributed by atoms with van der Waals surface area (Å²) < 4.78 is 20.6. The first kappa shape index (κ1) is 15.9. The third kappa shape index (κ3) is 4.01. The largest absolute Gasteiger partial charge is 0.377 e. The van der Waals surface area contributed by atoms with E-state index >= 15 is 0 Å². The lowest BCUT2D eigenvalue weighted by Crippen LogP contribution is -2.38. The van der Waals surface area contributed by atoms with Gasteiger partial charge in [0, 0.05) is 35.8 Å². The molecule has 0 radical (unpaired) electrons. The van der Waals surface area contributed by atoms with Crippen LogP contribution in [0.15, 0.2) is 22.7 Å². The molecular formula is C15H22BrFN2O. The summed E-state index contributed by atoms with van der Waals surface area (Å²) in [6, 6.07) is 5.03. The van der Waals surface area contributed by atoms with Crippen molar-refractivity contribution < 1.29 is 9.13 Å². The molecule has 1 saturated heterocycles. The maximum Gasteiger partial charge on any atom is 0.129 e. The normalized spacial score (nSPS) is 21.1. The molecule has 0 spiro atoms. The molecule has 0 bridgehead atoms. The van der Waals surface area contributed by atoms with Crippen LogP contribution in [0.1, 0.15) is 30.9 Å². The zero-order valence-electron chi connectivity index (χ0n) is 11.8. The summed E-state index contributed by atoms with van der Waals surface area (Å²) in [5, 5.41) is 0. The van der Waals surface area contributed by atoms with Crippen LogP contribution in [0.4, 0.5) is 4.39 Å². The van der Waals surface area contributed by atoms with E-state index in [0.29, 0.717) is 12.1 Å². The monoisotopic (exact) mass is 344 g/mol. The van der Waals surface area contributed by atoms with Crippen molar-refractivity contribution in [3.8, 4) is 0 Å². The molecule has 5 heteroatoms. The summed E-state index contributed by atoms with van der Waals surface area (Å²) >= 11 is 3.28. The Balaban J connectivity index is 2.06. The van der Waals surface area contributed by atoms with Gasteiger partial charge in [-0.1, -0.05) is 22.0 Å². The Hall–Kier alpha value is -0.490. The Kier molecular flexibility index (Phi) is 5.96. The van der Waals surface area contributed by atoms with Gasteiger partial charge in [0.25, 0.3) is 0 Å². The minimum Gasteiger partial charge on any atom is -0.377 e. The summed E-state index contributed by atoms with van der Waals surface area (Å²) in [7, 11) is 1.98. The fourth-order valence-corrected chi connectivity index (χ4v) is 3.05. The van der Waals surface area contributed by atoms with Gasteiger partial charge in [0.15, 0.2) is 0 Å². The summed E-state index contributed by atoms with van der Waals surface area (Å²) in [5.41, 5.74) is 6.50. The molecule has 1 heterocycles. The second-order valence-electron chi connectivity index (χ2n) is 5.35. The number of hydrogen-bond acceptors (Lipinski definition) is 3. The lowest BCUT2D eigenvalue weighted by molar-refractivity contribution is -0.00800. The van der Waals surface area contributed by atoms with Gasteiger partial charge in [-0.05, 0) is 38.4 Å². The first-order chi connectivity index (χ1) is 9.61. The van der Waals surface area contributed by atoms with E-state index in [1.807, 2.05) is 13.1 Å². The smallest absolute Gasteiger partial charge is 0.129 e. The maximum absolute atomic E-state index is 14.1. The lowest BCUT2D eigenvalue weighted by atomic mass is 10.0. The molecule has 1 aromatic carbocycles. The first-order valence-electron chi connectivity index (χ1n) is 7.08. The third-order valence-corrected chi connectivity index (χ3v) is 4.34. The number of nitrogens with two attached hydrogens (primary N) is 1. The highest BCUT2D eigenvalue weighted by atomic mass is 79.9. The van der Waals surface area contributed by atoms with E-state index in [0.717, 1.165) is 30.5 Å². The molecule has 2 N–H and O–H groups in total. The van der Waals surface area contributed by atoms with Gasteiger partial charge in [0.05, 0.1) is 6.10 Å². The molecular weight excluding hydrogens is 323 g/mol. The van der Waals surface area contributed by atoms with Crippen LogP contribution in [-0.2, 0) is 4.74 Å². The van der Waals surface area contributed by atoms with Gasteiger partial charge < -0.3 is 10.5 Å². The highest BCUT2D eigenvalue weighted by Gasteiger charge is 2.23. The number of halogens is 2. The van der Waals surface area contributed by atoms with Crippen LogP contribution >= 0.6 is 15.9 Å². The zero-order chi connectivity index (χ0) is 14.5. The predicted octanol–water partition coefficient (Wildman–Crippen LogP) is 3.09. The molecule has 2 rings (SSSR count). The summed E-state index contributed by atoms with van der Waals surface area (Å²) in [4.78, 5) is 2.10. The second-order valence-corrected chi connectivity index (χ2v) is 6.26. The van der Waals surface area contributed by atoms with Crippen molar-refractivity contribution in [2.45, 2.75) is 31.4 Å². The molecule has 0 saturated carbocycles. The molecule has 0 amide bonds. The number of benzene rings is 1. The molecule has 1 fully saturated rings. The van der Waals surface area contributed by atoms with E-state index in [1.165, 1.54) is 12.5 Å². The van der Waals surface area contributed by atoms with E-state index in [1.54, 1.807) is 6.07 Å². The predicted molar refractivity (Wildman–Crippen MR) is 82.1 cm³/mol. The second kappa shape index (κ2) is 7.50. The molecule has 1 aromatic rings. The van der Waals surface area contributed by atoms with Crippen molar-refractivity contribution in [3.05, 3.63) is 34.1 Å². The van der Waals surface area contributed by atoms with E-state index in [-0.39, 0.29) is 18.0 Å². The third-order valence-electron chi connectivity index (χ3n) is 3.84. The summed E-state index contributed by atoms with van der Waals surface area (Å²) in [6.07, 6.45) is 3.66. The quantitative estimate of drug-likeness (QED) is 0.891. The number of rotatable bonds is 5. The summed E-state index contributed by atoms with van der Waals surface area (Å²) in [6.45, 7) is 2.01. The fraction of sp³-hybridized carbons (Fsp3) is 0.600. The highest BCUT2D eigenvalue weighted by Crippen LogP contribution is 2.25. The Labute approximate surface area is 128 Å². The van der Waals surface area contributed by atoms with Crippen LogP contribution in [0.3, 0.4) is 0 Å². The fourth-order valence-electron chi connectivity index (χ4n) is 2.72. The summed E-state index contributed by atoms with van der Waals surface area (Å²) in [5.74, 6) is -0.216. The molecule has 3 nitrogen and oxygen atoms in total. The molecule has 2 atom stereocenters. The Bertz CT molecular complexity index is 438. The van der Waals surface area contributed by atoms with Crippen LogP contribution in [0.25, 0.3) is 0 Å². The lowest BCUT2D eigenvalue weighted by Gasteiger charge is -2.32. The van der Waals surface area contributed by atoms with Crippen LogP contribution < -0.4 is 5.73 Å². The molecule has 112 valence electrons. The first-order valence-corrected chi connectivity index (χ1v) is 7.88. The number of ether oxygens (including phenoxy) is 1. The van der Waals surface area contributed by atoms with E-state index in [4.69, 9.17) is 10.5 Å². The van der Waals surface area contributed by atoms with Crippen molar-refractivity contribution in [2.24, 2.45) is 5.73 Å². The molecule has 0 aromatic heterocycles. The Morgan fingerprint density at radius 2 is 2.30 bits per heavy atom. The SMILES string of the molecule is CN(CC1CCCCO1)C(CN)c1ccc(Br)cc1F. The Morgan fingerprint density at radius 3 is 2.90 bits per heavy atom. The van der Waals surface area contributed by atoms with Gasteiger partial charge in [-0.3, -0.25) is 4.90 Å². The zero-order valence-corrected chi connectivity index (χ0v) is 13.4. The molecule has 2 unspecified atom stereocenters. The van der Waals surface area contributed by atoms with Crippen molar-refractivity contribution in [3.63, 3.8) is 0 Å². The molecule has 1 aliphatic heterocycles. The topological polar surface area (TPSA) is 38.5 Å². The molecule has 20 heavy (non-hydrogen) atoms. The number of nitrogens with zero attached hydrogens (tertiary/aromatic N) is 1. The van der Waals surface area contributed by atoms with Crippen molar-refractivity contribution >= 4 is 15.9 Å². The van der Waals surface area contributed by atoms with Crippen LogP contribution in [0.5, 0.6) is 0 Å². The average Bonchev–Trinajstić information content (AvgIpc) is 2.43. The minimum atomic E-state index is -0.216. The van der Waals surface area contributed by atoms with Crippen LogP contribution in [0, 0.1) is 5.82 Å². The minimum absolute atomic E-state index is 0.117. The number of likely N-dealkylation sites (N-methyl/N-ethyl adjacent to an activating group) is 1. The van der Waals surface area contributed by atoms with Crippen molar-refractivity contribution in [1.29, 1.82) is 0 Å². The van der Waals surface area contributed by atoms with Gasteiger partial charge in [0.1, 0.15) is 5.82 Å². The maximum atomic E-state index is 14.1. The van der Waals surface area contributed by atoms with Gasteiger partial charge in [-0.2, -0.15) is 0 Å². The van der Waals surface area contributed by atoms with E-state index in [9.17, 15) is 4.39 Å². The van der Waals surface area contributed by atoms with Gasteiger partial charge in [0.2, 0.25) is 0 Å². The number of hydrogen-bond donors (Lipinski definition) is 1. The van der Waals surface area contributed by atoms with Gasteiger partial charge in [-0.25, -0.2) is 4.39 Å². The standard InChI is InChI=1S/C15H22BrFN2O/c1-19(10-12-4-2-3-7-20-12)15(9-18)13-6-5-11(16)8-14(13)17/h5-6,8,12,15H,2-4,7,9-10,18H2,1H3. The van der Waals surface area contributed by atoms with Crippen molar-refractivity contribution in [1.82, 2.24) is 4.90 Å². The van der Waals surface area contributed by atoms with E-state index < -0.39 is 0 Å². The van der Waals surface area contributed by atoms with Crippen LogP contribution in [-0.4, -0.2) is 37.7 Å². The molecule has 1 aliphatic rings. The Morgan fingerprint density at radius 1 is 1.50 bits per heavy atom. The van der Waals surface area contributed by atoms with Crippen LogP contribution in [0.2, 0.25) is 0 Å². The van der Waals surface area contributed by atoms with Gasteiger partial charge in [-0.15, -0.1) is 0 Å². The van der Waals surface area contributed by atoms with Gasteiger partial charge >= 0.3 is 0 Å².